The van der Waals surface area contributed by atoms with Crippen LogP contribution in [0.2, 0.25) is 0 Å². The molecule has 0 aromatic heterocycles. The molecule has 0 bridgehead atoms. The van der Waals surface area contributed by atoms with Crippen molar-refractivity contribution in [1.29, 1.82) is 0 Å². The number of aliphatic hydroxyl groups excluding tert-OH is 2. The van der Waals surface area contributed by atoms with Crippen LogP contribution in [-0.4, -0.2) is 32.6 Å². The van der Waals surface area contributed by atoms with Crippen molar-refractivity contribution in [3.8, 4) is 0 Å². The van der Waals surface area contributed by atoms with Crippen molar-refractivity contribution in [2.75, 3.05) is 17.6 Å². The van der Waals surface area contributed by atoms with Gasteiger partial charge in [-0.15, -0.1) is 0 Å². The van der Waals surface area contributed by atoms with Crippen LogP contribution in [0.5, 0.6) is 0 Å². The number of aliphatic hydroxyl groups is 2. The number of carbonyl (C=O) groups excluding carboxylic acids is 1. The smallest absolute Gasteiger partial charge is 0.167 e. The molecule has 1 atom stereocenters. The van der Waals surface area contributed by atoms with E-state index in [2.05, 4.69) is 29.8 Å². The summed E-state index contributed by atoms with van der Waals surface area (Å²) < 4.78 is 0. The summed E-state index contributed by atoms with van der Waals surface area (Å²) in [7, 11) is 0. The number of nitrogens with two attached hydrogens (primary N) is 1. The third kappa shape index (κ3) is 5.19. The first-order valence-corrected chi connectivity index (χ1v) is 6.28. The molecule has 1 unspecified atom stereocenters. The predicted octanol–water partition coefficient (Wildman–Crippen LogP) is 2.03. The third-order valence-electron chi connectivity index (χ3n) is 2.44. The van der Waals surface area contributed by atoms with Crippen molar-refractivity contribution in [3.63, 3.8) is 0 Å². The number of nitrogens with one attached hydrogen (secondary N) is 1. The number of thiocarbonyl (C=S) groups is 2. The van der Waals surface area contributed by atoms with E-state index in [0.29, 0.717) is 5.69 Å². The number of benzene rings is 1. The lowest BCUT2D eigenvalue weighted by molar-refractivity contribution is -0.119. The standard InChI is InChI=1S/C12H14N2O3S2/c13-7-1-3-8(4-2-7)14-6-10(15)9(12(17)19)5-11(16)18/h1-4,9,14H,5-6,13H2,(H,16,18)(H,17,19). The molecule has 7 heteroatoms. The van der Waals surface area contributed by atoms with Crippen LogP contribution in [0, 0.1) is 5.92 Å². The highest BCUT2D eigenvalue weighted by Crippen LogP contribution is 2.12. The lowest BCUT2D eigenvalue weighted by atomic mass is 10.0. The van der Waals surface area contributed by atoms with Crippen LogP contribution in [0.3, 0.4) is 0 Å². The minimum atomic E-state index is -0.964. The second-order valence-corrected chi connectivity index (χ2v) is 4.82. The summed E-state index contributed by atoms with van der Waals surface area (Å²) in [6, 6.07) is 6.85. The zero-order valence-corrected chi connectivity index (χ0v) is 11.6. The molecule has 0 amide bonds. The molecule has 0 aliphatic rings. The normalized spacial score (nSPS) is 11.6. The van der Waals surface area contributed by atoms with Crippen molar-refractivity contribution in [3.05, 3.63) is 24.3 Å². The SMILES string of the molecule is Nc1ccc(NCC(=O)C(CC(O)=S)C(O)=S)cc1. The summed E-state index contributed by atoms with van der Waals surface area (Å²) in [6.45, 7) is -0.0299. The Balaban J connectivity index is 2.59. The van der Waals surface area contributed by atoms with E-state index in [9.17, 15) is 9.90 Å². The fourth-order valence-corrected chi connectivity index (χ4v) is 1.81. The Kier molecular flexibility index (Phi) is 5.65. The maximum absolute atomic E-state index is 11.9. The van der Waals surface area contributed by atoms with Crippen molar-refractivity contribution in [1.82, 2.24) is 0 Å². The topological polar surface area (TPSA) is 95.6 Å². The summed E-state index contributed by atoms with van der Waals surface area (Å²) >= 11 is 9.08. The largest absolute Gasteiger partial charge is 0.502 e. The molecule has 102 valence electrons. The van der Waals surface area contributed by atoms with Crippen LogP contribution in [0.15, 0.2) is 24.3 Å². The molecule has 0 heterocycles. The van der Waals surface area contributed by atoms with E-state index < -0.39 is 11.0 Å². The van der Waals surface area contributed by atoms with Gasteiger partial charge in [0.15, 0.2) is 15.9 Å². The van der Waals surface area contributed by atoms with Gasteiger partial charge in [0.2, 0.25) is 0 Å². The molecule has 0 spiro atoms. The fourth-order valence-electron chi connectivity index (χ4n) is 1.43. The Morgan fingerprint density at radius 3 is 2.32 bits per heavy atom. The van der Waals surface area contributed by atoms with Gasteiger partial charge in [-0.05, 0) is 48.7 Å². The number of carbonyl (C=O) groups is 1. The molecule has 5 N–H and O–H groups in total. The predicted molar refractivity (Wildman–Crippen MR) is 82.9 cm³/mol. The summed E-state index contributed by atoms with van der Waals surface area (Å²) in [5.74, 6) is -1.31. The molecular weight excluding hydrogens is 284 g/mol. The lowest BCUT2D eigenvalue weighted by Crippen LogP contribution is -2.30. The summed E-state index contributed by atoms with van der Waals surface area (Å²) in [4.78, 5) is 11.9. The van der Waals surface area contributed by atoms with Crippen LogP contribution < -0.4 is 11.1 Å². The molecule has 1 rings (SSSR count). The molecule has 0 fully saturated rings. The second kappa shape index (κ2) is 7.01. The monoisotopic (exact) mass is 298 g/mol. The molecule has 5 nitrogen and oxygen atoms in total. The van der Waals surface area contributed by atoms with Gasteiger partial charge >= 0.3 is 0 Å². The molecule has 0 saturated heterocycles. The average Bonchev–Trinajstić information content (AvgIpc) is 2.34. The second-order valence-electron chi connectivity index (χ2n) is 3.93. The van der Waals surface area contributed by atoms with E-state index in [1.165, 1.54) is 0 Å². The maximum Gasteiger partial charge on any atom is 0.167 e. The molecular formula is C12H14N2O3S2. The Hall–Kier alpha value is -1.73. The van der Waals surface area contributed by atoms with Gasteiger partial charge in [-0.1, -0.05) is 0 Å². The Morgan fingerprint density at radius 2 is 1.84 bits per heavy atom. The van der Waals surface area contributed by atoms with Crippen LogP contribution >= 0.6 is 24.4 Å². The van der Waals surface area contributed by atoms with E-state index in [1.807, 2.05) is 0 Å². The number of anilines is 2. The number of Topliss-reactive ketones (excluding diaryl/α,β-unsaturated/α-hetero) is 1. The van der Waals surface area contributed by atoms with Gasteiger partial charge in [-0.2, -0.15) is 0 Å². The average molecular weight is 298 g/mol. The van der Waals surface area contributed by atoms with E-state index in [1.54, 1.807) is 24.3 Å². The van der Waals surface area contributed by atoms with E-state index in [0.717, 1.165) is 5.69 Å². The van der Waals surface area contributed by atoms with Gasteiger partial charge in [-0.25, -0.2) is 0 Å². The summed E-state index contributed by atoms with van der Waals surface area (Å²) in [6.07, 6.45) is -0.146. The van der Waals surface area contributed by atoms with Gasteiger partial charge in [0.25, 0.3) is 0 Å². The molecule has 19 heavy (non-hydrogen) atoms. The molecule has 1 aromatic carbocycles. The fraction of sp³-hybridized carbons (Fsp3) is 0.250. The minimum Gasteiger partial charge on any atom is -0.502 e. The van der Waals surface area contributed by atoms with E-state index in [-0.39, 0.29) is 23.8 Å². The number of ketones is 1. The van der Waals surface area contributed by atoms with Gasteiger partial charge in [0, 0.05) is 17.8 Å². The molecule has 0 aliphatic carbocycles. The zero-order valence-electron chi connectivity index (χ0n) is 10.00. The molecule has 0 saturated carbocycles. The Morgan fingerprint density at radius 1 is 1.26 bits per heavy atom. The van der Waals surface area contributed by atoms with E-state index >= 15 is 0 Å². The first-order chi connectivity index (χ1) is 8.90. The highest BCUT2D eigenvalue weighted by atomic mass is 32.1. The van der Waals surface area contributed by atoms with Crippen molar-refractivity contribution in [2.45, 2.75) is 6.42 Å². The molecule has 1 aromatic rings. The molecule has 0 radical (unpaired) electrons. The highest BCUT2D eigenvalue weighted by Gasteiger charge is 2.24. The first-order valence-electron chi connectivity index (χ1n) is 5.47. The van der Waals surface area contributed by atoms with Crippen molar-refractivity contribution < 1.29 is 15.0 Å². The zero-order chi connectivity index (χ0) is 14.4. The van der Waals surface area contributed by atoms with Gasteiger partial charge in [0.1, 0.15) is 0 Å². The van der Waals surface area contributed by atoms with Gasteiger partial charge in [0.05, 0.1) is 12.5 Å². The quantitative estimate of drug-likeness (QED) is 0.452. The Labute approximate surface area is 121 Å². The molecule has 0 aliphatic heterocycles. The Bertz CT molecular complexity index is 488. The first kappa shape index (κ1) is 15.3. The van der Waals surface area contributed by atoms with Crippen molar-refractivity contribution in [2.24, 2.45) is 5.92 Å². The highest BCUT2D eigenvalue weighted by molar-refractivity contribution is 7.80. The number of hydrogen-bond donors (Lipinski definition) is 4. The van der Waals surface area contributed by atoms with Crippen LogP contribution in [0.4, 0.5) is 11.4 Å². The van der Waals surface area contributed by atoms with Crippen LogP contribution in [0.25, 0.3) is 0 Å². The lowest BCUT2D eigenvalue weighted by Gasteiger charge is -2.13. The summed E-state index contributed by atoms with van der Waals surface area (Å²) in [5.41, 5.74) is 6.88. The number of hydrogen-bond acceptors (Lipinski definition) is 5. The van der Waals surface area contributed by atoms with Crippen LogP contribution in [0.1, 0.15) is 6.42 Å². The third-order valence-corrected chi connectivity index (χ3v) is 2.89. The van der Waals surface area contributed by atoms with Crippen molar-refractivity contribution >= 4 is 51.7 Å². The van der Waals surface area contributed by atoms with Gasteiger partial charge < -0.3 is 21.3 Å². The number of rotatable bonds is 7. The minimum absolute atomic E-state index is 0.0299. The van der Waals surface area contributed by atoms with E-state index in [4.69, 9.17) is 10.8 Å². The summed E-state index contributed by atoms with van der Waals surface area (Å²) in [5, 5.41) is 20.3. The number of nitrogen functional groups attached to an aromatic ring is 1. The maximum atomic E-state index is 11.9. The van der Waals surface area contributed by atoms with Gasteiger partial charge in [-0.3, -0.25) is 4.79 Å². The van der Waals surface area contributed by atoms with Crippen LogP contribution in [-0.2, 0) is 4.79 Å².